The van der Waals surface area contributed by atoms with Crippen molar-refractivity contribution in [3.8, 4) is 0 Å². The molecule has 92 valence electrons. The fraction of sp³-hybridized carbons (Fsp3) is 1.00. The maximum atomic E-state index is 5.90. The molecule has 0 heterocycles. The fourth-order valence-electron chi connectivity index (χ4n) is 1.37. The molecule has 0 fully saturated rings. The first-order chi connectivity index (χ1) is 7.02. The number of hydrogen-bond acceptors (Lipinski definition) is 2. The van der Waals surface area contributed by atoms with Crippen molar-refractivity contribution in [3.05, 3.63) is 0 Å². The van der Waals surface area contributed by atoms with Gasteiger partial charge in [-0.05, 0) is 32.6 Å². The van der Waals surface area contributed by atoms with Crippen LogP contribution in [-0.2, 0) is 4.74 Å². The zero-order chi connectivity index (χ0) is 11.7. The van der Waals surface area contributed by atoms with Gasteiger partial charge in [0.25, 0.3) is 0 Å². The molecule has 0 aromatic heterocycles. The normalized spacial score (nSPS) is 15.6. The summed E-state index contributed by atoms with van der Waals surface area (Å²) in [5.74, 6) is 0.731. The molecule has 0 aliphatic carbocycles. The highest BCUT2D eigenvalue weighted by molar-refractivity contribution is 6.20. The molecule has 0 saturated heterocycles. The van der Waals surface area contributed by atoms with Gasteiger partial charge in [0.2, 0.25) is 0 Å². The summed E-state index contributed by atoms with van der Waals surface area (Å²) in [5, 5.41) is 3.64. The standard InChI is InChI=1S/C12H26ClNO/c1-10(2)5-7-15-8-6-14-12(4)9-11(3)13/h10-12,14H,5-9H2,1-4H3. The van der Waals surface area contributed by atoms with Gasteiger partial charge in [0.1, 0.15) is 0 Å². The minimum Gasteiger partial charge on any atom is -0.380 e. The van der Waals surface area contributed by atoms with Crippen LogP contribution in [0.2, 0.25) is 0 Å². The molecule has 15 heavy (non-hydrogen) atoms. The van der Waals surface area contributed by atoms with Gasteiger partial charge in [0.05, 0.1) is 6.61 Å². The number of alkyl halides is 1. The zero-order valence-corrected chi connectivity index (χ0v) is 11.3. The van der Waals surface area contributed by atoms with Gasteiger partial charge in [-0.15, -0.1) is 11.6 Å². The Morgan fingerprint density at radius 1 is 1.13 bits per heavy atom. The topological polar surface area (TPSA) is 21.3 Å². The molecule has 0 aromatic rings. The molecule has 0 aromatic carbocycles. The Hall–Kier alpha value is 0.210. The SMILES string of the molecule is CC(C)CCOCCNC(C)CC(C)Cl. The van der Waals surface area contributed by atoms with Crippen molar-refractivity contribution in [1.29, 1.82) is 0 Å². The van der Waals surface area contributed by atoms with Crippen molar-refractivity contribution in [2.45, 2.75) is 52.0 Å². The van der Waals surface area contributed by atoms with Gasteiger partial charge in [0.15, 0.2) is 0 Å². The monoisotopic (exact) mass is 235 g/mol. The third-order valence-corrected chi connectivity index (χ3v) is 2.44. The van der Waals surface area contributed by atoms with Crippen molar-refractivity contribution in [1.82, 2.24) is 5.32 Å². The highest BCUT2D eigenvalue weighted by atomic mass is 35.5. The van der Waals surface area contributed by atoms with E-state index >= 15 is 0 Å². The summed E-state index contributed by atoms with van der Waals surface area (Å²) in [5.41, 5.74) is 0. The lowest BCUT2D eigenvalue weighted by molar-refractivity contribution is 0.123. The number of nitrogens with one attached hydrogen (secondary N) is 1. The largest absolute Gasteiger partial charge is 0.380 e. The van der Waals surface area contributed by atoms with E-state index < -0.39 is 0 Å². The maximum Gasteiger partial charge on any atom is 0.0591 e. The average molecular weight is 236 g/mol. The van der Waals surface area contributed by atoms with Crippen LogP contribution in [-0.4, -0.2) is 31.2 Å². The highest BCUT2D eigenvalue weighted by Gasteiger charge is 2.04. The molecule has 0 radical (unpaired) electrons. The van der Waals surface area contributed by atoms with Crippen molar-refractivity contribution in [2.75, 3.05) is 19.8 Å². The van der Waals surface area contributed by atoms with Crippen LogP contribution in [0.4, 0.5) is 0 Å². The molecule has 2 unspecified atom stereocenters. The van der Waals surface area contributed by atoms with Crippen LogP contribution < -0.4 is 5.32 Å². The van der Waals surface area contributed by atoms with Gasteiger partial charge in [-0.2, -0.15) is 0 Å². The smallest absolute Gasteiger partial charge is 0.0591 e. The predicted molar refractivity (Wildman–Crippen MR) is 67.7 cm³/mol. The molecule has 2 nitrogen and oxygen atoms in total. The molecule has 0 aliphatic rings. The molecule has 2 atom stereocenters. The Morgan fingerprint density at radius 3 is 2.33 bits per heavy atom. The summed E-state index contributed by atoms with van der Waals surface area (Å²) in [4.78, 5) is 0. The maximum absolute atomic E-state index is 5.90. The lowest BCUT2D eigenvalue weighted by atomic mass is 10.1. The van der Waals surface area contributed by atoms with Gasteiger partial charge >= 0.3 is 0 Å². The summed E-state index contributed by atoms with van der Waals surface area (Å²) >= 11 is 5.90. The summed E-state index contributed by atoms with van der Waals surface area (Å²) in [6, 6.07) is 0.478. The quantitative estimate of drug-likeness (QED) is 0.490. The molecule has 0 aliphatic heterocycles. The number of rotatable bonds is 9. The van der Waals surface area contributed by atoms with E-state index in [1.54, 1.807) is 0 Å². The molecule has 0 bridgehead atoms. The first kappa shape index (κ1) is 15.2. The van der Waals surface area contributed by atoms with Gasteiger partial charge in [0, 0.05) is 24.6 Å². The Labute approximate surface area is 99.7 Å². The van der Waals surface area contributed by atoms with Crippen molar-refractivity contribution in [3.63, 3.8) is 0 Å². The van der Waals surface area contributed by atoms with Gasteiger partial charge < -0.3 is 10.1 Å². The molecule has 3 heteroatoms. The van der Waals surface area contributed by atoms with Crippen LogP contribution in [0.15, 0.2) is 0 Å². The first-order valence-corrected chi connectivity index (χ1v) is 6.41. The van der Waals surface area contributed by atoms with Crippen molar-refractivity contribution < 1.29 is 4.74 Å². The van der Waals surface area contributed by atoms with Crippen LogP contribution >= 0.6 is 11.6 Å². The second-order valence-corrected chi connectivity index (χ2v) is 5.41. The van der Waals surface area contributed by atoms with E-state index in [2.05, 4.69) is 26.1 Å². The van der Waals surface area contributed by atoms with E-state index in [4.69, 9.17) is 16.3 Å². The number of hydrogen-bond donors (Lipinski definition) is 1. The van der Waals surface area contributed by atoms with Crippen molar-refractivity contribution >= 4 is 11.6 Å². The third kappa shape index (κ3) is 12.1. The Morgan fingerprint density at radius 2 is 1.80 bits per heavy atom. The van der Waals surface area contributed by atoms with Crippen LogP contribution in [0.3, 0.4) is 0 Å². The molecule has 0 saturated carbocycles. The molecular weight excluding hydrogens is 210 g/mol. The first-order valence-electron chi connectivity index (χ1n) is 5.97. The van der Waals surface area contributed by atoms with E-state index in [0.717, 1.165) is 38.5 Å². The van der Waals surface area contributed by atoms with Crippen LogP contribution in [0.25, 0.3) is 0 Å². The van der Waals surface area contributed by atoms with Gasteiger partial charge in [-0.3, -0.25) is 0 Å². The van der Waals surface area contributed by atoms with Gasteiger partial charge in [-0.25, -0.2) is 0 Å². The van der Waals surface area contributed by atoms with Crippen molar-refractivity contribution in [2.24, 2.45) is 5.92 Å². The average Bonchev–Trinajstić information content (AvgIpc) is 2.09. The Balaban J connectivity index is 3.16. The van der Waals surface area contributed by atoms with Crippen LogP contribution in [0.5, 0.6) is 0 Å². The molecule has 1 N–H and O–H groups in total. The van der Waals surface area contributed by atoms with Crippen LogP contribution in [0.1, 0.15) is 40.5 Å². The molecular formula is C12H26ClNO. The summed E-state index contributed by atoms with van der Waals surface area (Å²) < 4.78 is 5.50. The van der Waals surface area contributed by atoms with E-state index in [1.165, 1.54) is 0 Å². The van der Waals surface area contributed by atoms with E-state index in [9.17, 15) is 0 Å². The summed E-state index contributed by atoms with van der Waals surface area (Å²) in [6.45, 7) is 11.2. The van der Waals surface area contributed by atoms with E-state index in [-0.39, 0.29) is 5.38 Å². The Bertz CT molecular complexity index is 140. The second kappa shape index (κ2) is 9.44. The molecule has 0 spiro atoms. The Kier molecular flexibility index (Phi) is 9.57. The highest BCUT2D eigenvalue weighted by Crippen LogP contribution is 2.03. The molecule has 0 amide bonds. The summed E-state index contributed by atoms with van der Waals surface area (Å²) in [6.07, 6.45) is 2.15. The fourth-order valence-corrected chi connectivity index (χ4v) is 1.64. The number of halogens is 1. The number of ether oxygens (including phenoxy) is 1. The van der Waals surface area contributed by atoms with Crippen LogP contribution in [0, 0.1) is 5.92 Å². The minimum absolute atomic E-state index is 0.245. The summed E-state index contributed by atoms with van der Waals surface area (Å²) in [7, 11) is 0. The van der Waals surface area contributed by atoms with E-state index in [0.29, 0.717) is 6.04 Å². The predicted octanol–water partition coefficient (Wildman–Crippen LogP) is 3.04. The van der Waals surface area contributed by atoms with Gasteiger partial charge in [-0.1, -0.05) is 13.8 Å². The molecule has 0 rings (SSSR count). The van der Waals surface area contributed by atoms with E-state index in [1.807, 2.05) is 6.92 Å². The zero-order valence-electron chi connectivity index (χ0n) is 10.6. The lowest BCUT2D eigenvalue weighted by Gasteiger charge is -2.15. The lowest BCUT2D eigenvalue weighted by Crippen LogP contribution is -2.31. The second-order valence-electron chi connectivity index (χ2n) is 4.67. The third-order valence-electron chi connectivity index (χ3n) is 2.26. The minimum atomic E-state index is 0.245.